The second kappa shape index (κ2) is 13.6. The van der Waals surface area contributed by atoms with Gasteiger partial charge in [0.15, 0.2) is 5.96 Å². The Balaban J connectivity index is 0.00000400. The summed E-state index contributed by atoms with van der Waals surface area (Å²) in [6.07, 6.45) is 6.46. The summed E-state index contributed by atoms with van der Waals surface area (Å²) in [6, 6.07) is 0. The van der Waals surface area contributed by atoms with Crippen molar-refractivity contribution in [1.82, 2.24) is 10.6 Å². The molecule has 0 aliphatic heterocycles. The van der Waals surface area contributed by atoms with E-state index in [0.717, 1.165) is 57.1 Å². The number of rotatable bonds is 8. The van der Waals surface area contributed by atoms with Gasteiger partial charge in [0.25, 0.3) is 0 Å². The molecule has 0 radical (unpaired) electrons. The maximum absolute atomic E-state index is 5.34. The van der Waals surface area contributed by atoms with E-state index in [9.17, 15) is 0 Å². The predicted octanol–water partition coefficient (Wildman–Crippen LogP) is 3.41. The first-order valence-electron chi connectivity index (χ1n) is 8.36. The fourth-order valence-corrected chi connectivity index (χ4v) is 2.60. The number of hydrogen-bond acceptors (Lipinski definition) is 2. The number of halogens is 1. The van der Waals surface area contributed by atoms with Crippen molar-refractivity contribution in [2.45, 2.75) is 52.9 Å². The highest BCUT2D eigenvalue weighted by Gasteiger charge is 2.17. The van der Waals surface area contributed by atoms with E-state index in [1.807, 2.05) is 6.92 Å². The van der Waals surface area contributed by atoms with Crippen molar-refractivity contribution in [2.75, 3.05) is 32.8 Å². The molecule has 0 spiro atoms. The van der Waals surface area contributed by atoms with Crippen LogP contribution in [0.1, 0.15) is 52.9 Å². The zero-order valence-corrected chi connectivity index (χ0v) is 16.3. The molecular formula is C16H34IN3O. The van der Waals surface area contributed by atoms with E-state index in [0.29, 0.717) is 0 Å². The molecule has 0 aromatic rings. The van der Waals surface area contributed by atoms with Crippen LogP contribution in [0.3, 0.4) is 0 Å². The Labute approximate surface area is 147 Å². The monoisotopic (exact) mass is 411 g/mol. The quantitative estimate of drug-likeness (QED) is 0.279. The number of guanidine groups is 1. The lowest BCUT2D eigenvalue weighted by Gasteiger charge is -2.25. The normalized spacial score (nSPS) is 22.5. The van der Waals surface area contributed by atoms with Gasteiger partial charge in [0.05, 0.1) is 0 Å². The molecule has 0 heterocycles. The standard InChI is InChI=1S/C16H33N3O.HI/c1-4-17-16(18-11-6-12-20-5-2)19-13-15-9-7-14(3)8-10-15;/h14-15H,4-13H2,1-3H3,(H2,17,18,19);1H. The number of nitrogens with zero attached hydrogens (tertiary/aromatic N) is 1. The molecule has 1 fully saturated rings. The van der Waals surface area contributed by atoms with Crippen molar-refractivity contribution in [1.29, 1.82) is 0 Å². The SMILES string of the molecule is CCNC(=NCC1CCC(C)CC1)NCCCOCC.I. The van der Waals surface area contributed by atoms with Crippen LogP contribution >= 0.6 is 24.0 Å². The lowest BCUT2D eigenvalue weighted by Crippen LogP contribution is -2.38. The Morgan fingerprint density at radius 2 is 1.86 bits per heavy atom. The van der Waals surface area contributed by atoms with Gasteiger partial charge < -0.3 is 15.4 Å². The Kier molecular flexibility index (Phi) is 13.6. The molecule has 126 valence electrons. The van der Waals surface area contributed by atoms with Crippen molar-refractivity contribution in [3.05, 3.63) is 0 Å². The zero-order valence-electron chi connectivity index (χ0n) is 14.0. The van der Waals surface area contributed by atoms with Crippen molar-refractivity contribution in [3.63, 3.8) is 0 Å². The Hall–Kier alpha value is -0.0400. The Morgan fingerprint density at radius 1 is 1.14 bits per heavy atom. The van der Waals surface area contributed by atoms with E-state index in [-0.39, 0.29) is 24.0 Å². The summed E-state index contributed by atoms with van der Waals surface area (Å²) >= 11 is 0. The molecule has 1 aliphatic rings. The fourth-order valence-electron chi connectivity index (χ4n) is 2.60. The summed E-state index contributed by atoms with van der Waals surface area (Å²) in [5, 5.41) is 6.71. The summed E-state index contributed by atoms with van der Waals surface area (Å²) in [5.41, 5.74) is 0. The van der Waals surface area contributed by atoms with Crippen LogP contribution in [0, 0.1) is 11.8 Å². The first-order chi connectivity index (χ1) is 9.76. The van der Waals surface area contributed by atoms with Gasteiger partial charge in [-0.1, -0.05) is 19.8 Å². The van der Waals surface area contributed by atoms with Gasteiger partial charge in [-0.05, 0) is 44.9 Å². The first-order valence-corrected chi connectivity index (χ1v) is 8.36. The van der Waals surface area contributed by atoms with Gasteiger partial charge in [-0.2, -0.15) is 0 Å². The molecule has 0 aromatic carbocycles. The maximum atomic E-state index is 5.34. The van der Waals surface area contributed by atoms with Gasteiger partial charge in [0, 0.05) is 32.8 Å². The predicted molar refractivity (Wildman–Crippen MR) is 102 cm³/mol. The van der Waals surface area contributed by atoms with E-state index in [1.165, 1.54) is 25.7 Å². The van der Waals surface area contributed by atoms with Crippen molar-refractivity contribution in [3.8, 4) is 0 Å². The molecule has 21 heavy (non-hydrogen) atoms. The van der Waals surface area contributed by atoms with Crippen molar-refractivity contribution >= 4 is 29.9 Å². The molecule has 0 amide bonds. The molecule has 0 saturated heterocycles. The topological polar surface area (TPSA) is 45.7 Å². The van der Waals surface area contributed by atoms with Crippen LogP contribution in [0.15, 0.2) is 4.99 Å². The summed E-state index contributed by atoms with van der Waals surface area (Å²) in [7, 11) is 0. The minimum Gasteiger partial charge on any atom is -0.382 e. The van der Waals surface area contributed by atoms with Gasteiger partial charge in [-0.15, -0.1) is 24.0 Å². The third-order valence-corrected chi connectivity index (χ3v) is 3.95. The summed E-state index contributed by atoms with van der Waals surface area (Å²) in [5.74, 6) is 2.66. The molecule has 1 rings (SSSR count). The summed E-state index contributed by atoms with van der Waals surface area (Å²) in [4.78, 5) is 4.73. The van der Waals surface area contributed by atoms with Gasteiger partial charge in [-0.25, -0.2) is 0 Å². The lowest BCUT2D eigenvalue weighted by atomic mass is 9.83. The molecule has 1 saturated carbocycles. The molecule has 0 unspecified atom stereocenters. The van der Waals surface area contributed by atoms with Crippen LogP contribution < -0.4 is 10.6 Å². The fraction of sp³-hybridized carbons (Fsp3) is 0.938. The second-order valence-electron chi connectivity index (χ2n) is 5.82. The molecule has 1 aliphatic carbocycles. The largest absolute Gasteiger partial charge is 0.382 e. The molecular weight excluding hydrogens is 377 g/mol. The Bertz CT molecular complexity index is 266. The number of nitrogens with one attached hydrogen (secondary N) is 2. The third-order valence-electron chi connectivity index (χ3n) is 3.95. The van der Waals surface area contributed by atoms with E-state index < -0.39 is 0 Å². The Morgan fingerprint density at radius 3 is 2.48 bits per heavy atom. The number of hydrogen-bond donors (Lipinski definition) is 2. The van der Waals surface area contributed by atoms with Crippen LogP contribution in [0.5, 0.6) is 0 Å². The van der Waals surface area contributed by atoms with Crippen LogP contribution in [0.4, 0.5) is 0 Å². The summed E-state index contributed by atoms with van der Waals surface area (Å²) < 4.78 is 5.34. The number of aliphatic imine (C=N–C) groups is 1. The molecule has 0 atom stereocenters. The van der Waals surface area contributed by atoms with Gasteiger partial charge >= 0.3 is 0 Å². The van der Waals surface area contributed by atoms with Gasteiger partial charge in [0.1, 0.15) is 0 Å². The lowest BCUT2D eigenvalue weighted by molar-refractivity contribution is 0.145. The third kappa shape index (κ3) is 10.3. The van der Waals surface area contributed by atoms with E-state index in [4.69, 9.17) is 9.73 Å². The minimum absolute atomic E-state index is 0. The molecule has 2 N–H and O–H groups in total. The molecule has 0 bridgehead atoms. The average Bonchev–Trinajstić information content (AvgIpc) is 2.46. The van der Waals surface area contributed by atoms with Crippen LogP contribution in [0.2, 0.25) is 0 Å². The smallest absolute Gasteiger partial charge is 0.191 e. The maximum Gasteiger partial charge on any atom is 0.191 e. The molecule has 4 nitrogen and oxygen atoms in total. The first kappa shape index (κ1) is 21.0. The zero-order chi connectivity index (χ0) is 14.6. The molecule has 5 heteroatoms. The van der Waals surface area contributed by atoms with Gasteiger partial charge in [0.2, 0.25) is 0 Å². The van der Waals surface area contributed by atoms with Crippen molar-refractivity contribution < 1.29 is 4.74 Å². The molecule has 0 aromatic heterocycles. The summed E-state index contributed by atoms with van der Waals surface area (Å²) in [6.45, 7) is 10.9. The number of ether oxygens (including phenoxy) is 1. The highest BCUT2D eigenvalue weighted by atomic mass is 127. The highest BCUT2D eigenvalue weighted by molar-refractivity contribution is 14.0. The second-order valence-corrected chi connectivity index (χ2v) is 5.82. The van der Waals surface area contributed by atoms with E-state index >= 15 is 0 Å². The average molecular weight is 411 g/mol. The van der Waals surface area contributed by atoms with Gasteiger partial charge in [-0.3, -0.25) is 4.99 Å². The van der Waals surface area contributed by atoms with Crippen molar-refractivity contribution in [2.24, 2.45) is 16.8 Å². The van der Waals surface area contributed by atoms with Crippen LogP contribution in [0.25, 0.3) is 0 Å². The van der Waals surface area contributed by atoms with Crippen LogP contribution in [-0.4, -0.2) is 38.8 Å². The highest BCUT2D eigenvalue weighted by Crippen LogP contribution is 2.28. The van der Waals surface area contributed by atoms with E-state index in [1.54, 1.807) is 0 Å². The van der Waals surface area contributed by atoms with E-state index in [2.05, 4.69) is 24.5 Å². The van der Waals surface area contributed by atoms with Crippen LogP contribution in [-0.2, 0) is 4.74 Å². The minimum atomic E-state index is 0.